The average Bonchev–Trinajstić information content (AvgIpc) is 3.13. The van der Waals surface area contributed by atoms with Crippen molar-refractivity contribution in [3.8, 4) is 11.8 Å². The maximum Gasteiger partial charge on any atom is 0.304 e. The lowest BCUT2D eigenvalue weighted by atomic mass is 10.2. The maximum atomic E-state index is 13.3. The van der Waals surface area contributed by atoms with E-state index in [0.717, 1.165) is 5.56 Å². The number of imidazole rings is 1. The minimum atomic E-state index is -1.24. The van der Waals surface area contributed by atoms with Crippen LogP contribution in [0, 0.1) is 5.82 Å². The number of benzene rings is 2. The van der Waals surface area contributed by atoms with Gasteiger partial charge in [-0.25, -0.2) is 4.39 Å². The molecule has 4 rings (SSSR count). The highest BCUT2D eigenvalue weighted by atomic mass is 35.5. The van der Waals surface area contributed by atoms with Crippen LogP contribution in [0.3, 0.4) is 0 Å². The molecule has 1 atom stereocenters. The lowest BCUT2D eigenvalue weighted by molar-refractivity contribution is 0.00112. The maximum absolute atomic E-state index is 13.3. The Morgan fingerprint density at radius 2 is 1.84 bits per heavy atom. The fourth-order valence-corrected chi connectivity index (χ4v) is 3.63. The van der Waals surface area contributed by atoms with Crippen molar-refractivity contribution in [2.75, 3.05) is 25.1 Å². The van der Waals surface area contributed by atoms with E-state index in [9.17, 15) is 19.4 Å². The van der Waals surface area contributed by atoms with E-state index in [0.29, 0.717) is 17.2 Å². The first-order valence-corrected chi connectivity index (χ1v) is 10.4. The van der Waals surface area contributed by atoms with Gasteiger partial charge in [0.05, 0.1) is 6.54 Å². The molecule has 1 aliphatic heterocycles. The Bertz CT molecular complexity index is 1100. The van der Waals surface area contributed by atoms with Gasteiger partial charge in [0.25, 0.3) is 5.91 Å². The first-order valence-electron chi connectivity index (χ1n) is 10.00. The summed E-state index contributed by atoms with van der Waals surface area (Å²) < 4.78 is 20.8. The highest BCUT2D eigenvalue weighted by molar-refractivity contribution is 6.30. The van der Waals surface area contributed by atoms with Gasteiger partial charge in [0.1, 0.15) is 11.6 Å². The quantitative estimate of drug-likeness (QED) is 0.563. The number of carbonyl (C=O) groups excluding carboxylic acids is 1. The fourth-order valence-electron chi connectivity index (χ4n) is 3.50. The molecule has 0 spiro atoms. The Kier molecular flexibility index (Phi) is 6.31. The molecule has 0 bridgehead atoms. The van der Waals surface area contributed by atoms with Gasteiger partial charge in [-0.15, -0.1) is 0 Å². The van der Waals surface area contributed by atoms with Crippen LogP contribution in [0.25, 0.3) is 0 Å². The van der Waals surface area contributed by atoms with Crippen LogP contribution in [-0.2, 0) is 6.54 Å². The van der Waals surface area contributed by atoms with E-state index >= 15 is 0 Å². The number of rotatable bonds is 7. The van der Waals surface area contributed by atoms with Crippen LogP contribution in [0.2, 0.25) is 5.02 Å². The van der Waals surface area contributed by atoms with Gasteiger partial charge in [0.2, 0.25) is 6.35 Å². The third-order valence-corrected chi connectivity index (χ3v) is 5.42. The number of ether oxygens (including phenoxy) is 1. The molecule has 2 heterocycles. The summed E-state index contributed by atoms with van der Waals surface area (Å²) in [7, 11) is 1.61. The van der Waals surface area contributed by atoms with Crippen LogP contribution in [-0.4, -0.2) is 57.1 Å². The van der Waals surface area contributed by atoms with E-state index in [1.54, 1.807) is 23.7 Å². The number of nitrogens with zero attached hydrogens (tertiary/aromatic N) is 4. The number of carbonyl (C=O) groups is 1. The molecular formula is C22H22ClFN4O4. The summed E-state index contributed by atoms with van der Waals surface area (Å²) in [5.74, 6) is -0.235. The van der Waals surface area contributed by atoms with Crippen molar-refractivity contribution in [2.24, 2.45) is 0 Å². The number of halogens is 2. The van der Waals surface area contributed by atoms with E-state index in [1.165, 1.54) is 34.1 Å². The molecule has 0 saturated heterocycles. The number of hydrogen-bond acceptors (Lipinski definition) is 6. The van der Waals surface area contributed by atoms with Crippen molar-refractivity contribution in [3.05, 3.63) is 70.6 Å². The van der Waals surface area contributed by atoms with E-state index in [-0.39, 0.29) is 37.2 Å². The summed E-state index contributed by atoms with van der Waals surface area (Å²) >= 11 is 6.00. The van der Waals surface area contributed by atoms with Crippen LogP contribution < -0.4 is 9.64 Å². The smallest absolute Gasteiger partial charge is 0.304 e. The van der Waals surface area contributed by atoms with E-state index in [1.807, 2.05) is 12.1 Å². The van der Waals surface area contributed by atoms with Crippen LogP contribution in [0.15, 0.2) is 48.5 Å². The molecule has 2 aromatic carbocycles. The number of amides is 1. The van der Waals surface area contributed by atoms with Crippen molar-refractivity contribution >= 4 is 23.3 Å². The van der Waals surface area contributed by atoms with Crippen molar-refractivity contribution in [1.29, 1.82) is 0 Å². The molecule has 32 heavy (non-hydrogen) atoms. The molecule has 0 radical (unpaired) electrons. The first-order chi connectivity index (χ1) is 15.4. The molecule has 168 valence electrons. The molecule has 1 aliphatic rings. The molecule has 8 nitrogen and oxygen atoms in total. The van der Waals surface area contributed by atoms with Crippen LogP contribution in [0.4, 0.5) is 10.2 Å². The van der Waals surface area contributed by atoms with Gasteiger partial charge in [-0.05, 0) is 48.4 Å². The first kappa shape index (κ1) is 22.1. The monoisotopic (exact) mass is 460 g/mol. The van der Waals surface area contributed by atoms with Crippen molar-refractivity contribution in [1.82, 2.24) is 14.5 Å². The molecular weight excluding hydrogens is 439 g/mol. The zero-order valence-corrected chi connectivity index (χ0v) is 18.0. The van der Waals surface area contributed by atoms with Gasteiger partial charge in [0, 0.05) is 25.2 Å². The molecule has 3 aromatic rings. The van der Waals surface area contributed by atoms with E-state index in [4.69, 9.17) is 16.3 Å². The lowest BCUT2D eigenvalue weighted by Crippen LogP contribution is -2.54. The minimum absolute atomic E-state index is 0.115. The summed E-state index contributed by atoms with van der Waals surface area (Å²) in [6.45, 7) is 0.302. The zero-order chi connectivity index (χ0) is 22.8. The normalized spacial score (nSPS) is 15.8. The lowest BCUT2D eigenvalue weighted by Gasteiger charge is -2.38. The fraction of sp³-hybridized carbons (Fsp3) is 0.273. The minimum Gasteiger partial charge on any atom is -0.425 e. The second-order valence-corrected chi connectivity index (χ2v) is 7.80. The largest absolute Gasteiger partial charge is 0.425 e. The summed E-state index contributed by atoms with van der Waals surface area (Å²) in [4.78, 5) is 20.5. The van der Waals surface area contributed by atoms with E-state index < -0.39 is 18.1 Å². The zero-order valence-electron chi connectivity index (χ0n) is 17.3. The van der Waals surface area contributed by atoms with Crippen LogP contribution in [0.1, 0.15) is 22.5 Å². The Labute approximate surface area is 189 Å². The number of aromatic nitrogens is 2. The number of aliphatic hydroxyl groups excluding tert-OH is 2. The summed E-state index contributed by atoms with van der Waals surface area (Å²) in [5.41, 5.74) is 1.09. The summed E-state index contributed by atoms with van der Waals surface area (Å²) in [6.07, 6.45) is -0.921. The third-order valence-electron chi connectivity index (χ3n) is 5.17. The van der Waals surface area contributed by atoms with Gasteiger partial charge >= 0.3 is 6.01 Å². The van der Waals surface area contributed by atoms with Crippen LogP contribution in [0.5, 0.6) is 11.8 Å². The molecule has 1 aromatic heterocycles. The van der Waals surface area contributed by atoms with Gasteiger partial charge in [0.15, 0.2) is 11.5 Å². The van der Waals surface area contributed by atoms with E-state index in [2.05, 4.69) is 4.98 Å². The Morgan fingerprint density at radius 1 is 1.16 bits per heavy atom. The molecule has 1 unspecified atom stereocenters. The van der Waals surface area contributed by atoms with Gasteiger partial charge in [-0.2, -0.15) is 4.98 Å². The molecule has 0 fully saturated rings. The second kappa shape index (κ2) is 9.15. The Hall–Kier alpha value is -3.14. The van der Waals surface area contributed by atoms with Gasteiger partial charge < -0.3 is 19.8 Å². The molecule has 2 N–H and O–H groups in total. The van der Waals surface area contributed by atoms with Gasteiger partial charge in [-0.3, -0.25) is 14.3 Å². The standard InChI is InChI=1S/C22H22ClFN4O4/c1-26-19-18(20(30)27(22(26)31)11-2-12-29)28(13-14-3-5-15(23)6-4-14)21(25-19)32-17-9-7-16(24)8-10-17/h3-10,22,29,31H,2,11-13H2,1H3. The molecule has 0 aliphatic carbocycles. The number of aliphatic hydroxyl groups is 2. The molecule has 0 saturated carbocycles. The number of hydrogen-bond donors (Lipinski definition) is 2. The van der Waals surface area contributed by atoms with Gasteiger partial charge in [-0.1, -0.05) is 23.7 Å². The topological polar surface area (TPSA) is 91.1 Å². The summed E-state index contributed by atoms with van der Waals surface area (Å²) in [5, 5.41) is 20.4. The predicted molar refractivity (Wildman–Crippen MR) is 116 cm³/mol. The molecule has 1 amide bonds. The van der Waals surface area contributed by atoms with Crippen LogP contribution >= 0.6 is 11.6 Å². The number of fused-ring (bicyclic) bond motifs is 1. The van der Waals surface area contributed by atoms with Crippen molar-refractivity contribution in [2.45, 2.75) is 19.3 Å². The summed E-state index contributed by atoms with van der Waals surface area (Å²) in [6, 6.07) is 12.7. The Balaban J connectivity index is 1.78. The third kappa shape index (κ3) is 4.27. The second-order valence-electron chi connectivity index (χ2n) is 7.37. The highest BCUT2D eigenvalue weighted by Crippen LogP contribution is 2.35. The number of anilines is 1. The van der Waals surface area contributed by atoms with Crippen molar-refractivity contribution < 1.29 is 24.1 Å². The highest BCUT2D eigenvalue weighted by Gasteiger charge is 2.40. The Morgan fingerprint density at radius 3 is 2.50 bits per heavy atom. The average molecular weight is 461 g/mol. The SMILES string of the molecule is CN1c2nc(Oc3ccc(F)cc3)n(Cc3ccc(Cl)cc3)c2C(=O)N(CCCO)C1O. The molecule has 10 heteroatoms. The predicted octanol–water partition coefficient (Wildman–Crippen LogP) is 3.07. The van der Waals surface area contributed by atoms with Crippen molar-refractivity contribution in [3.63, 3.8) is 0 Å².